The van der Waals surface area contributed by atoms with Crippen LogP contribution in [-0.2, 0) is 29.0 Å². The SMILES string of the molecule is O=C(CN1C(=O)NC2(CCc3ccccc3C2)C1=O)N1CCN(Cc2cccc(Cl)c2)CC1. The fourth-order valence-electron chi connectivity index (χ4n) is 5.13. The molecule has 0 aromatic heterocycles. The summed E-state index contributed by atoms with van der Waals surface area (Å²) in [6, 6.07) is 15.3. The van der Waals surface area contributed by atoms with Crippen molar-refractivity contribution in [3.63, 3.8) is 0 Å². The van der Waals surface area contributed by atoms with Gasteiger partial charge in [-0.25, -0.2) is 4.79 Å². The Labute approximate surface area is 198 Å². The second-order valence-corrected chi connectivity index (χ2v) is 9.57. The van der Waals surface area contributed by atoms with Crippen LogP contribution in [0.5, 0.6) is 0 Å². The third-order valence-corrected chi connectivity index (χ3v) is 7.23. The zero-order valence-electron chi connectivity index (χ0n) is 18.4. The van der Waals surface area contributed by atoms with E-state index in [1.807, 2.05) is 42.5 Å². The second-order valence-electron chi connectivity index (χ2n) is 9.14. The Hall–Kier alpha value is -2.90. The first-order valence-electron chi connectivity index (χ1n) is 11.4. The Morgan fingerprint density at radius 2 is 1.76 bits per heavy atom. The van der Waals surface area contributed by atoms with Gasteiger partial charge in [0.05, 0.1) is 0 Å². The molecule has 3 aliphatic rings. The number of nitrogens with zero attached hydrogens (tertiary/aromatic N) is 3. The largest absolute Gasteiger partial charge is 0.339 e. The molecule has 172 valence electrons. The van der Waals surface area contributed by atoms with Crippen molar-refractivity contribution in [2.45, 2.75) is 31.3 Å². The minimum absolute atomic E-state index is 0.186. The average Bonchev–Trinajstić information content (AvgIpc) is 3.03. The summed E-state index contributed by atoms with van der Waals surface area (Å²) in [6.45, 7) is 3.18. The molecular formula is C25H27ClN4O3. The molecule has 8 heteroatoms. The van der Waals surface area contributed by atoms with Gasteiger partial charge in [0, 0.05) is 44.2 Å². The Morgan fingerprint density at radius 1 is 1.00 bits per heavy atom. The zero-order chi connectivity index (χ0) is 23.0. The molecule has 1 unspecified atom stereocenters. The molecule has 5 rings (SSSR count). The van der Waals surface area contributed by atoms with Crippen LogP contribution in [-0.4, -0.2) is 70.8 Å². The molecule has 1 N–H and O–H groups in total. The second kappa shape index (κ2) is 8.80. The van der Waals surface area contributed by atoms with Crippen LogP contribution in [0.15, 0.2) is 48.5 Å². The van der Waals surface area contributed by atoms with E-state index in [1.165, 1.54) is 5.56 Å². The topological polar surface area (TPSA) is 73.0 Å². The molecule has 0 radical (unpaired) electrons. The van der Waals surface area contributed by atoms with E-state index in [0.717, 1.165) is 42.1 Å². The number of aryl methyl sites for hydroxylation is 1. The first-order chi connectivity index (χ1) is 15.9. The molecular weight excluding hydrogens is 440 g/mol. The number of rotatable bonds is 4. The smallest absolute Gasteiger partial charge is 0.325 e. The number of hydrogen-bond donors (Lipinski definition) is 1. The zero-order valence-corrected chi connectivity index (χ0v) is 19.2. The van der Waals surface area contributed by atoms with Gasteiger partial charge in [-0.2, -0.15) is 0 Å². The number of nitrogens with one attached hydrogen (secondary N) is 1. The molecule has 2 aromatic rings. The molecule has 0 saturated carbocycles. The summed E-state index contributed by atoms with van der Waals surface area (Å²) in [7, 11) is 0. The van der Waals surface area contributed by atoms with Gasteiger partial charge in [0.2, 0.25) is 5.91 Å². The van der Waals surface area contributed by atoms with E-state index in [1.54, 1.807) is 4.90 Å². The summed E-state index contributed by atoms with van der Waals surface area (Å²) in [5, 5.41) is 3.62. The van der Waals surface area contributed by atoms with Gasteiger partial charge in [-0.15, -0.1) is 0 Å². The molecule has 0 bridgehead atoms. The third-order valence-electron chi connectivity index (χ3n) is 6.99. The number of piperazine rings is 1. The van der Waals surface area contributed by atoms with Crippen LogP contribution in [0, 0.1) is 0 Å². The van der Waals surface area contributed by atoms with Crippen LogP contribution in [0.2, 0.25) is 5.02 Å². The van der Waals surface area contributed by atoms with Gasteiger partial charge in [-0.3, -0.25) is 19.4 Å². The van der Waals surface area contributed by atoms with Gasteiger partial charge in [-0.1, -0.05) is 48.0 Å². The average molecular weight is 467 g/mol. The van der Waals surface area contributed by atoms with E-state index < -0.39 is 11.6 Å². The number of amides is 4. The van der Waals surface area contributed by atoms with Gasteiger partial charge >= 0.3 is 6.03 Å². The maximum atomic E-state index is 13.3. The number of carbonyl (C=O) groups is 3. The van der Waals surface area contributed by atoms with E-state index in [-0.39, 0.29) is 18.4 Å². The van der Waals surface area contributed by atoms with Crippen LogP contribution in [0.25, 0.3) is 0 Å². The summed E-state index contributed by atoms with van der Waals surface area (Å²) >= 11 is 6.07. The fraction of sp³-hybridized carbons (Fsp3) is 0.400. The Morgan fingerprint density at radius 3 is 2.52 bits per heavy atom. The van der Waals surface area contributed by atoms with Gasteiger partial charge in [0.1, 0.15) is 12.1 Å². The van der Waals surface area contributed by atoms with Crippen molar-refractivity contribution in [2.24, 2.45) is 0 Å². The predicted octanol–water partition coefficient (Wildman–Crippen LogP) is 2.46. The van der Waals surface area contributed by atoms with Gasteiger partial charge in [0.15, 0.2) is 0 Å². The quantitative estimate of drug-likeness (QED) is 0.702. The third kappa shape index (κ3) is 4.35. The first kappa shape index (κ1) is 21.9. The van der Waals surface area contributed by atoms with Crippen molar-refractivity contribution in [2.75, 3.05) is 32.7 Å². The molecule has 7 nitrogen and oxygen atoms in total. The van der Waals surface area contributed by atoms with Crippen LogP contribution in [0.4, 0.5) is 4.79 Å². The Bertz CT molecular complexity index is 1100. The van der Waals surface area contributed by atoms with E-state index in [2.05, 4.69) is 16.3 Å². The monoisotopic (exact) mass is 466 g/mol. The van der Waals surface area contributed by atoms with Crippen molar-refractivity contribution in [3.8, 4) is 0 Å². The molecule has 2 heterocycles. The van der Waals surface area contributed by atoms with Crippen molar-refractivity contribution >= 4 is 29.4 Å². The number of fused-ring (bicyclic) bond motifs is 1. The lowest BCUT2D eigenvalue weighted by molar-refractivity contribution is -0.140. The summed E-state index contributed by atoms with van der Waals surface area (Å²) in [5.41, 5.74) is 2.51. The van der Waals surface area contributed by atoms with Gasteiger partial charge < -0.3 is 10.2 Å². The van der Waals surface area contributed by atoms with Crippen LogP contribution in [0.1, 0.15) is 23.1 Å². The Balaban J connectivity index is 1.18. The number of hydrogen-bond acceptors (Lipinski definition) is 4. The maximum Gasteiger partial charge on any atom is 0.325 e. The van der Waals surface area contributed by atoms with Crippen LogP contribution >= 0.6 is 11.6 Å². The van der Waals surface area contributed by atoms with Crippen LogP contribution in [0.3, 0.4) is 0 Å². The summed E-state index contributed by atoms with van der Waals surface area (Å²) in [6.07, 6.45) is 1.76. The summed E-state index contributed by atoms with van der Waals surface area (Å²) < 4.78 is 0. The van der Waals surface area contributed by atoms with Crippen molar-refractivity contribution < 1.29 is 14.4 Å². The van der Waals surface area contributed by atoms with E-state index >= 15 is 0 Å². The molecule has 2 aromatic carbocycles. The van der Waals surface area contributed by atoms with E-state index in [4.69, 9.17) is 11.6 Å². The normalized spacial score (nSPS) is 23.1. The summed E-state index contributed by atoms with van der Waals surface area (Å²) in [5.74, 6) is -0.468. The Kier molecular flexibility index (Phi) is 5.85. The lowest BCUT2D eigenvalue weighted by Crippen LogP contribution is -2.53. The minimum Gasteiger partial charge on any atom is -0.339 e. The fourth-order valence-corrected chi connectivity index (χ4v) is 5.34. The van der Waals surface area contributed by atoms with Crippen molar-refractivity contribution in [1.82, 2.24) is 20.0 Å². The first-order valence-corrected chi connectivity index (χ1v) is 11.8. The van der Waals surface area contributed by atoms with Gasteiger partial charge in [-0.05, 0) is 41.7 Å². The highest BCUT2D eigenvalue weighted by molar-refractivity contribution is 6.30. The lowest BCUT2D eigenvalue weighted by Gasteiger charge is -2.35. The standard InChI is InChI=1S/C25H27ClN4O3/c26-21-7-3-4-18(14-21)16-28-10-12-29(13-11-28)22(31)17-30-23(32)25(27-24(30)33)9-8-19-5-1-2-6-20(19)15-25/h1-7,14H,8-13,15-17H2,(H,27,33). The molecule has 2 aliphatic heterocycles. The number of benzene rings is 2. The highest BCUT2D eigenvalue weighted by Crippen LogP contribution is 2.33. The highest BCUT2D eigenvalue weighted by Gasteiger charge is 2.52. The molecule has 33 heavy (non-hydrogen) atoms. The van der Waals surface area contributed by atoms with Crippen LogP contribution < -0.4 is 5.32 Å². The van der Waals surface area contributed by atoms with Crippen molar-refractivity contribution in [1.29, 1.82) is 0 Å². The molecule has 1 aliphatic carbocycles. The van der Waals surface area contributed by atoms with E-state index in [9.17, 15) is 14.4 Å². The molecule has 2 fully saturated rings. The molecule has 1 atom stereocenters. The molecule has 4 amide bonds. The lowest BCUT2D eigenvalue weighted by atomic mass is 9.78. The minimum atomic E-state index is -0.929. The summed E-state index contributed by atoms with van der Waals surface area (Å²) in [4.78, 5) is 44.0. The van der Waals surface area contributed by atoms with E-state index in [0.29, 0.717) is 31.0 Å². The maximum absolute atomic E-state index is 13.3. The number of urea groups is 1. The predicted molar refractivity (Wildman–Crippen MR) is 125 cm³/mol. The molecule has 1 spiro atoms. The number of halogens is 1. The van der Waals surface area contributed by atoms with Gasteiger partial charge in [0.25, 0.3) is 5.91 Å². The highest BCUT2D eigenvalue weighted by atomic mass is 35.5. The van der Waals surface area contributed by atoms with Crippen molar-refractivity contribution in [3.05, 3.63) is 70.2 Å². The number of imide groups is 1. The number of carbonyl (C=O) groups excluding carboxylic acids is 3. The molecule has 2 saturated heterocycles.